The highest BCUT2D eigenvalue weighted by molar-refractivity contribution is 5.67. The van der Waals surface area contributed by atoms with Crippen LogP contribution in [-0.2, 0) is 0 Å². The van der Waals surface area contributed by atoms with Gasteiger partial charge in [-0.3, -0.25) is 5.43 Å². The van der Waals surface area contributed by atoms with Gasteiger partial charge in [0.1, 0.15) is 0 Å². The van der Waals surface area contributed by atoms with E-state index in [1.54, 1.807) is 0 Å². The normalized spacial score (nSPS) is 13.7. The maximum absolute atomic E-state index is 4.12. The molecule has 1 aliphatic heterocycles. The Labute approximate surface area is 60.1 Å². The van der Waals surface area contributed by atoms with Crippen molar-refractivity contribution in [1.82, 2.24) is 10.5 Å². The van der Waals surface area contributed by atoms with Crippen molar-refractivity contribution < 1.29 is 1.43 Å². The summed E-state index contributed by atoms with van der Waals surface area (Å²) < 4.78 is 0. The van der Waals surface area contributed by atoms with E-state index in [0.29, 0.717) is 0 Å². The molecule has 0 spiro atoms. The molecule has 0 amide bonds. The van der Waals surface area contributed by atoms with Gasteiger partial charge in [0.05, 0.1) is 5.69 Å². The van der Waals surface area contributed by atoms with Crippen LogP contribution in [0.5, 0.6) is 0 Å². The van der Waals surface area contributed by atoms with Crippen LogP contribution in [0.15, 0.2) is 12.3 Å². The molecule has 2 heterocycles. The lowest BCUT2D eigenvalue weighted by Crippen LogP contribution is -2.19. The second-order valence-electron chi connectivity index (χ2n) is 2.28. The van der Waals surface area contributed by atoms with Gasteiger partial charge in [-0.1, -0.05) is 0 Å². The van der Waals surface area contributed by atoms with Crippen molar-refractivity contribution >= 4 is 11.5 Å². The summed E-state index contributed by atoms with van der Waals surface area (Å²) in [5.41, 5.74) is 10.7. The molecular weight excluding hydrogens is 128 g/mol. The number of anilines is 2. The molecule has 4 heteroatoms. The van der Waals surface area contributed by atoms with Gasteiger partial charge in [-0.25, -0.2) is 4.98 Å². The monoisotopic (exact) mass is 138 g/mol. The lowest BCUT2D eigenvalue weighted by Gasteiger charge is -1.95. The smallest absolute Gasteiger partial charge is 0.166 e. The van der Waals surface area contributed by atoms with Crippen LogP contribution in [0.2, 0.25) is 0 Å². The molecule has 0 radical (unpaired) electrons. The molecule has 0 unspecified atom stereocenters. The van der Waals surface area contributed by atoms with Gasteiger partial charge in [-0.05, 0) is 18.6 Å². The van der Waals surface area contributed by atoms with Crippen LogP contribution in [-0.4, -0.2) is 4.98 Å². The zero-order chi connectivity index (χ0) is 6.97. The van der Waals surface area contributed by atoms with E-state index in [1.165, 1.54) is 0 Å². The minimum absolute atomic E-state index is 0. The Morgan fingerprint density at radius 1 is 1.50 bits per heavy atom. The zero-order valence-electron chi connectivity index (χ0n) is 5.60. The molecule has 0 aromatic carbocycles. The van der Waals surface area contributed by atoms with Crippen molar-refractivity contribution in [3.8, 4) is 0 Å². The largest absolute Gasteiger partial charge is 0.300 e. The molecule has 0 saturated carbocycles. The van der Waals surface area contributed by atoms with Crippen LogP contribution in [0.4, 0.5) is 11.5 Å². The van der Waals surface area contributed by atoms with Gasteiger partial charge < -0.3 is 5.43 Å². The number of nitrogens with one attached hydrogen (secondary N) is 3. The van der Waals surface area contributed by atoms with Gasteiger partial charge in [-0.2, -0.15) is 0 Å². The fourth-order valence-electron chi connectivity index (χ4n) is 0.922. The highest BCUT2D eigenvalue weighted by Gasteiger charge is 2.07. The molecule has 10 heavy (non-hydrogen) atoms. The fourth-order valence-corrected chi connectivity index (χ4v) is 0.922. The predicted molar refractivity (Wildman–Crippen MR) is 41.5 cm³/mol. The van der Waals surface area contributed by atoms with E-state index in [2.05, 4.69) is 21.4 Å². The summed E-state index contributed by atoms with van der Waals surface area (Å²) in [6.07, 6.45) is 1.82. The molecule has 3 N–H and O–H groups in total. The van der Waals surface area contributed by atoms with Crippen molar-refractivity contribution in [3.63, 3.8) is 0 Å². The summed E-state index contributed by atoms with van der Waals surface area (Å²) in [5, 5.41) is 0. The van der Waals surface area contributed by atoms with E-state index in [1.807, 2.05) is 19.2 Å². The van der Waals surface area contributed by atoms with E-state index in [4.69, 9.17) is 0 Å². The molecule has 54 valence electrons. The average Bonchev–Trinajstić information content (AvgIpc) is 2.33. The van der Waals surface area contributed by atoms with Gasteiger partial charge >= 0.3 is 0 Å². The minimum Gasteiger partial charge on any atom is -0.300 e. The first-order valence-electron chi connectivity index (χ1n) is 3.10. The van der Waals surface area contributed by atoms with Crippen LogP contribution in [0.1, 0.15) is 6.99 Å². The molecule has 0 aliphatic carbocycles. The minimum atomic E-state index is 0. The molecule has 1 aromatic heterocycles. The summed E-state index contributed by atoms with van der Waals surface area (Å²) in [5.74, 6) is 0.852. The van der Waals surface area contributed by atoms with Crippen LogP contribution in [0, 0.1) is 6.92 Å². The number of rotatable bonds is 0. The molecule has 4 nitrogen and oxygen atoms in total. The lowest BCUT2D eigenvalue weighted by molar-refractivity contribution is 0.999. The third-order valence-corrected chi connectivity index (χ3v) is 1.40. The average molecular weight is 138 g/mol. The first kappa shape index (κ1) is 5.49. The topological polar surface area (TPSA) is 49.0 Å². The number of hydrogen-bond donors (Lipinski definition) is 3. The van der Waals surface area contributed by atoms with Gasteiger partial charge in [0.15, 0.2) is 5.82 Å². The Morgan fingerprint density at radius 3 is 3.30 bits per heavy atom. The van der Waals surface area contributed by atoms with E-state index < -0.39 is 0 Å². The van der Waals surface area contributed by atoms with Crippen LogP contribution in [0.25, 0.3) is 0 Å². The standard InChI is InChI=1S/C6H8N4.H2/c1-4-2-5-6(7-3-4)9-10-8-5;/h2-3,8,10H,1H3,(H,7,9);1H. The summed E-state index contributed by atoms with van der Waals surface area (Å²) >= 11 is 0. The fraction of sp³-hybridized carbons (Fsp3) is 0.167. The molecule has 1 aromatic rings. The Kier molecular flexibility index (Phi) is 1.01. The summed E-state index contributed by atoms with van der Waals surface area (Å²) in [6, 6.07) is 2.02. The van der Waals surface area contributed by atoms with E-state index in [-0.39, 0.29) is 1.43 Å². The number of aromatic nitrogens is 1. The molecule has 0 fully saturated rings. The van der Waals surface area contributed by atoms with Crippen molar-refractivity contribution in [2.24, 2.45) is 0 Å². The number of fused-ring (bicyclic) bond motifs is 1. The quantitative estimate of drug-likeness (QED) is 0.498. The van der Waals surface area contributed by atoms with Gasteiger partial charge in [-0.15, -0.1) is 5.53 Å². The Balaban J connectivity index is 0.000000605. The number of aryl methyl sites for hydroxylation is 1. The highest BCUT2D eigenvalue weighted by atomic mass is 15.6. The molecule has 0 bridgehead atoms. The molecule has 2 rings (SSSR count). The van der Waals surface area contributed by atoms with Crippen LogP contribution >= 0.6 is 0 Å². The SMILES string of the molecule is Cc1cnc2c(c1)NNN2.[HH]. The second kappa shape index (κ2) is 1.85. The van der Waals surface area contributed by atoms with Gasteiger partial charge in [0.25, 0.3) is 0 Å². The number of hydrogen-bond acceptors (Lipinski definition) is 4. The number of hydrazine groups is 2. The molecule has 0 saturated heterocycles. The van der Waals surface area contributed by atoms with E-state index >= 15 is 0 Å². The van der Waals surface area contributed by atoms with Crippen molar-refractivity contribution in [1.29, 1.82) is 0 Å². The molecule has 0 atom stereocenters. The van der Waals surface area contributed by atoms with Gasteiger partial charge in [0, 0.05) is 7.62 Å². The van der Waals surface area contributed by atoms with Gasteiger partial charge in [0.2, 0.25) is 0 Å². The maximum Gasteiger partial charge on any atom is 0.166 e. The Bertz CT molecular complexity index is 263. The van der Waals surface area contributed by atoms with Crippen LogP contribution in [0.3, 0.4) is 0 Å². The Hall–Kier alpha value is -1.29. The number of pyridine rings is 1. The molecular formula is C6H10N4. The summed E-state index contributed by atoms with van der Waals surface area (Å²) in [7, 11) is 0. The highest BCUT2D eigenvalue weighted by Crippen LogP contribution is 2.21. The molecule has 1 aliphatic rings. The van der Waals surface area contributed by atoms with E-state index in [9.17, 15) is 0 Å². The van der Waals surface area contributed by atoms with Crippen molar-refractivity contribution in [2.75, 3.05) is 10.9 Å². The first-order valence-corrected chi connectivity index (χ1v) is 3.10. The lowest BCUT2D eigenvalue weighted by atomic mass is 10.3. The third kappa shape index (κ3) is 0.698. The Morgan fingerprint density at radius 2 is 2.40 bits per heavy atom. The third-order valence-electron chi connectivity index (χ3n) is 1.40. The van der Waals surface area contributed by atoms with Crippen molar-refractivity contribution in [3.05, 3.63) is 17.8 Å². The second-order valence-corrected chi connectivity index (χ2v) is 2.28. The maximum atomic E-state index is 4.12. The predicted octanol–water partition coefficient (Wildman–Crippen LogP) is 0.893. The first-order chi connectivity index (χ1) is 4.86. The van der Waals surface area contributed by atoms with Crippen molar-refractivity contribution in [2.45, 2.75) is 6.92 Å². The van der Waals surface area contributed by atoms with Crippen LogP contribution < -0.4 is 16.4 Å². The number of nitrogens with zero attached hydrogens (tertiary/aromatic N) is 1. The summed E-state index contributed by atoms with van der Waals surface area (Å²) in [4.78, 5) is 4.12. The van der Waals surface area contributed by atoms with E-state index in [0.717, 1.165) is 17.1 Å². The zero-order valence-corrected chi connectivity index (χ0v) is 5.60. The summed E-state index contributed by atoms with van der Waals surface area (Å²) in [6.45, 7) is 2.01.